The minimum Gasteiger partial charge on any atom is -0.451 e. The van der Waals surface area contributed by atoms with Crippen LogP contribution in [0.1, 0.15) is 16.1 Å². The van der Waals surface area contributed by atoms with Gasteiger partial charge in [-0.3, -0.25) is 4.79 Å². The smallest absolute Gasteiger partial charge is 0.291 e. The second-order valence-corrected chi connectivity index (χ2v) is 5.69. The van der Waals surface area contributed by atoms with Gasteiger partial charge in [0.1, 0.15) is 17.2 Å². The van der Waals surface area contributed by atoms with Gasteiger partial charge in [-0.2, -0.15) is 0 Å². The number of anilines is 1. The third kappa shape index (κ3) is 2.62. The number of fused-ring (bicyclic) bond motifs is 1. The molecule has 0 unspecified atom stereocenters. The van der Waals surface area contributed by atoms with Crippen molar-refractivity contribution in [3.05, 3.63) is 63.8 Å². The highest BCUT2D eigenvalue weighted by Gasteiger charge is 2.19. The molecule has 1 heterocycles. The number of benzene rings is 2. The molecule has 0 atom stereocenters. The lowest BCUT2D eigenvalue weighted by atomic mass is 10.1. The largest absolute Gasteiger partial charge is 0.451 e. The normalized spacial score (nSPS) is 10.9. The van der Waals surface area contributed by atoms with Crippen LogP contribution in [0, 0.1) is 18.6 Å². The fourth-order valence-corrected chi connectivity index (χ4v) is 2.54. The highest BCUT2D eigenvalue weighted by atomic mass is 79.9. The molecule has 0 saturated carbocycles. The number of halogens is 3. The van der Waals surface area contributed by atoms with E-state index in [2.05, 4.69) is 21.2 Å². The van der Waals surface area contributed by atoms with E-state index < -0.39 is 17.5 Å². The number of carbonyl (C=O) groups excluding carboxylic acids is 1. The van der Waals surface area contributed by atoms with Crippen molar-refractivity contribution in [3.63, 3.8) is 0 Å². The fourth-order valence-electron chi connectivity index (χ4n) is 2.18. The molecule has 1 N–H and O–H groups in total. The van der Waals surface area contributed by atoms with E-state index in [0.717, 1.165) is 28.1 Å². The first-order valence-corrected chi connectivity index (χ1v) is 7.20. The van der Waals surface area contributed by atoms with Gasteiger partial charge in [-0.15, -0.1) is 0 Å². The van der Waals surface area contributed by atoms with E-state index >= 15 is 0 Å². The van der Waals surface area contributed by atoms with Gasteiger partial charge in [0.25, 0.3) is 5.91 Å². The molecule has 3 aromatic rings. The average Bonchev–Trinajstić information content (AvgIpc) is 2.80. The lowest BCUT2D eigenvalue weighted by Gasteiger charge is -2.05. The predicted molar refractivity (Wildman–Crippen MR) is 83.0 cm³/mol. The number of rotatable bonds is 2. The SMILES string of the molecule is Cc1c(C(=O)Nc2cc(F)ccc2F)oc2ccc(Br)cc12. The van der Waals surface area contributed by atoms with Crippen LogP contribution in [-0.2, 0) is 0 Å². The molecule has 6 heteroatoms. The average molecular weight is 366 g/mol. The van der Waals surface area contributed by atoms with Crippen molar-refractivity contribution in [1.82, 2.24) is 0 Å². The number of carbonyl (C=O) groups is 1. The number of nitrogens with one attached hydrogen (secondary N) is 1. The maximum absolute atomic E-state index is 13.6. The predicted octanol–water partition coefficient (Wildman–Crippen LogP) is 5.03. The first-order valence-electron chi connectivity index (χ1n) is 6.41. The molecule has 112 valence electrons. The molecule has 3 rings (SSSR count). The molecule has 0 spiro atoms. The van der Waals surface area contributed by atoms with Crippen LogP contribution in [0.25, 0.3) is 11.0 Å². The summed E-state index contributed by atoms with van der Waals surface area (Å²) < 4.78 is 33.1. The second-order valence-electron chi connectivity index (χ2n) is 4.77. The van der Waals surface area contributed by atoms with Crippen LogP contribution in [0.3, 0.4) is 0 Å². The quantitative estimate of drug-likeness (QED) is 0.691. The molecule has 1 amide bonds. The van der Waals surface area contributed by atoms with Crippen LogP contribution in [0.2, 0.25) is 0 Å². The molecule has 0 saturated heterocycles. The summed E-state index contributed by atoms with van der Waals surface area (Å²) >= 11 is 3.35. The van der Waals surface area contributed by atoms with Crippen molar-refractivity contribution >= 4 is 38.5 Å². The van der Waals surface area contributed by atoms with Gasteiger partial charge in [0.15, 0.2) is 5.76 Å². The minimum atomic E-state index is -0.716. The molecule has 0 aliphatic carbocycles. The molecule has 0 radical (unpaired) electrons. The highest BCUT2D eigenvalue weighted by Crippen LogP contribution is 2.28. The van der Waals surface area contributed by atoms with Gasteiger partial charge in [-0.05, 0) is 37.3 Å². The zero-order valence-electron chi connectivity index (χ0n) is 11.4. The Labute approximate surface area is 133 Å². The lowest BCUT2D eigenvalue weighted by molar-refractivity contribution is 0.0997. The molecule has 2 aromatic carbocycles. The zero-order valence-corrected chi connectivity index (χ0v) is 13.0. The van der Waals surface area contributed by atoms with Crippen LogP contribution >= 0.6 is 15.9 Å². The molecular formula is C16H10BrF2NO2. The van der Waals surface area contributed by atoms with Crippen LogP contribution in [0.4, 0.5) is 14.5 Å². The van der Waals surface area contributed by atoms with Crippen LogP contribution in [0.5, 0.6) is 0 Å². The van der Waals surface area contributed by atoms with E-state index in [0.29, 0.717) is 11.1 Å². The maximum atomic E-state index is 13.6. The molecule has 0 fully saturated rings. The van der Waals surface area contributed by atoms with E-state index in [1.165, 1.54) is 0 Å². The molecule has 1 aromatic heterocycles. The summed E-state index contributed by atoms with van der Waals surface area (Å²) in [4.78, 5) is 12.2. The van der Waals surface area contributed by atoms with Gasteiger partial charge in [0.2, 0.25) is 0 Å². The third-order valence-electron chi connectivity index (χ3n) is 3.28. The first kappa shape index (κ1) is 14.7. The lowest BCUT2D eigenvalue weighted by Crippen LogP contribution is -2.13. The molecule has 22 heavy (non-hydrogen) atoms. The molecule has 3 nitrogen and oxygen atoms in total. The van der Waals surface area contributed by atoms with Crippen molar-refractivity contribution in [2.45, 2.75) is 6.92 Å². The van der Waals surface area contributed by atoms with Crippen LogP contribution in [-0.4, -0.2) is 5.91 Å². The summed E-state index contributed by atoms with van der Waals surface area (Å²) in [5.74, 6) is -1.92. The van der Waals surface area contributed by atoms with Crippen molar-refractivity contribution in [2.75, 3.05) is 5.32 Å². The highest BCUT2D eigenvalue weighted by molar-refractivity contribution is 9.10. The third-order valence-corrected chi connectivity index (χ3v) is 3.77. The summed E-state index contributed by atoms with van der Waals surface area (Å²) in [5.41, 5.74) is 0.946. The number of aryl methyl sites for hydroxylation is 1. The van der Waals surface area contributed by atoms with Gasteiger partial charge in [0, 0.05) is 21.5 Å². The topological polar surface area (TPSA) is 42.2 Å². The Morgan fingerprint density at radius 2 is 1.95 bits per heavy atom. The molecular weight excluding hydrogens is 356 g/mol. The summed E-state index contributed by atoms with van der Waals surface area (Å²) in [6, 6.07) is 8.20. The van der Waals surface area contributed by atoms with Gasteiger partial charge < -0.3 is 9.73 Å². The van der Waals surface area contributed by atoms with Gasteiger partial charge >= 0.3 is 0 Å². The van der Waals surface area contributed by atoms with Gasteiger partial charge in [-0.1, -0.05) is 15.9 Å². The number of furan rings is 1. The molecule has 0 bridgehead atoms. The summed E-state index contributed by atoms with van der Waals surface area (Å²) in [5, 5.41) is 3.10. The number of hydrogen-bond acceptors (Lipinski definition) is 2. The first-order chi connectivity index (χ1) is 10.5. The molecule has 0 aliphatic heterocycles. The van der Waals surface area contributed by atoms with E-state index in [-0.39, 0.29) is 11.4 Å². The second kappa shape index (κ2) is 5.53. The zero-order chi connectivity index (χ0) is 15.9. The number of hydrogen-bond donors (Lipinski definition) is 1. The van der Waals surface area contributed by atoms with E-state index in [1.54, 1.807) is 19.1 Å². The monoisotopic (exact) mass is 365 g/mol. The Morgan fingerprint density at radius 1 is 1.18 bits per heavy atom. The van der Waals surface area contributed by atoms with Crippen molar-refractivity contribution in [1.29, 1.82) is 0 Å². The maximum Gasteiger partial charge on any atom is 0.291 e. The fraction of sp³-hybridized carbons (Fsp3) is 0.0625. The Hall–Kier alpha value is -2.21. The van der Waals surface area contributed by atoms with Gasteiger partial charge in [0.05, 0.1) is 5.69 Å². The Bertz CT molecular complexity index is 889. The van der Waals surface area contributed by atoms with Crippen molar-refractivity contribution in [3.8, 4) is 0 Å². The summed E-state index contributed by atoms with van der Waals surface area (Å²) in [6.45, 7) is 1.73. The minimum absolute atomic E-state index is 0.0664. The van der Waals surface area contributed by atoms with Crippen molar-refractivity contribution in [2.24, 2.45) is 0 Å². The van der Waals surface area contributed by atoms with Crippen molar-refractivity contribution < 1.29 is 18.0 Å². The van der Waals surface area contributed by atoms with Crippen LogP contribution < -0.4 is 5.32 Å². The summed E-state index contributed by atoms with van der Waals surface area (Å²) in [7, 11) is 0. The number of amides is 1. The van der Waals surface area contributed by atoms with Crippen LogP contribution in [0.15, 0.2) is 45.3 Å². The standard InChI is InChI=1S/C16H10BrF2NO2/c1-8-11-6-9(17)2-5-14(11)22-15(8)16(21)20-13-7-10(18)3-4-12(13)19/h2-7H,1H3,(H,20,21). The van der Waals surface area contributed by atoms with E-state index in [9.17, 15) is 13.6 Å². The Morgan fingerprint density at radius 3 is 2.73 bits per heavy atom. The Balaban J connectivity index is 1.99. The van der Waals surface area contributed by atoms with E-state index in [1.807, 2.05) is 6.07 Å². The molecule has 0 aliphatic rings. The summed E-state index contributed by atoms with van der Waals surface area (Å²) in [6.07, 6.45) is 0. The Kier molecular flexibility index (Phi) is 3.70. The van der Waals surface area contributed by atoms with Gasteiger partial charge in [-0.25, -0.2) is 8.78 Å². The van der Waals surface area contributed by atoms with E-state index in [4.69, 9.17) is 4.42 Å².